The molecule has 0 bridgehead atoms. The van der Waals surface area contributed by atoms with Crippen LogP contribution in [0.15, 0.2) is 24.4 Å². The molecular formula is C17H21F3N4O2. The Labute approximate surface area is 149 Å². The number of carbonyl (C=O) groups is 2. The lowest BCUT2D eigenvalue weighted by Crippen LogP contribution is -2.52. The van der Waals surface area contributed by atoms with Gasteiger partial charge in [-0.3, -0.25) is 19.5 Å². The maximum atomic E-state index is 12.6. The monoisotopic (exact) mass is 370 g/mol. The van der Waals surface area contributed by atoms with E-state index >= 15 is 0 Å². The number of hydrogen-bond acceptors (Lipinski definition) is 4. The Balaban J connectivity index is 1.51. The number of aromatic nitrogens is 1. The second-order valence-corrected chi connectivity index (χ2v) is 6.71. The number of carbonyl (C=O) groups excluding carboxylic acids is 2. The topological polar surface area (TPSA) is 56.8 Å². The summed E-state index contributed by atoms with van der Waals surface area (Å²) in [7, 11) is 0. The molecule has 2 amide bonds. The Morgan fingerprint density at radius 1 is 1.19 bits per heavy atom. The number of piperazine rings is 1. The SMILES string of the molecule is O=C1CC(C(=O)N2CCN(CC(F)(F)F)CC2)CN1Cc1ccccn1. The van der Waals surface area contributed by atoms with Gasteiger partial charge in [0.15, 0.2) is 0 Å². The number of halogens is 3. The van der Waals surface area contributed by atoms with Crippen LogP contribution in [-0.4, -0.2) is 76.9 Å². The van der Waals surface area contributed by atoms with Gasteiger partial charge in [0.25, 0.3) is 0 Å². The highest BCUT2D eigenvalue weighted by Gasteiger charge is 2.38. The summed E-state index contributed by atoms with van der Waals surface area (Å²) in [6.07, 6.45) is -2.43. The number of nitrogens with zero attached hydrogens (tertiary/aromatic N) is 4. The van der Waals surface area contributed by atoms with Crippen LogP contribution in [0.25, 0.3) is 0 Å². The van der Waals surface area contributed by atoms with Crippen LogP contribution in [0, 0.1) is 5.92 Å². The zero-order valence-corrected chi connectivity index (χ0v) is 14.3. The van der Waals surface area contributed by atoms with Crippen LogP contribution in [0.5, 0.6) is 0 Å². The maximum absolute atomic E-state index is 12.6. The zero-order valence-electron chi connectivity index (χ0n) is 14.3. The average Bonchev–Trinajstić information content (AvgIpc) is 2.95. The first kappa shape index (κ1) is 18.6. The molecule has 1 aromatic heterocycles. The van der Waals surface area contributed by atoms with Crippen molar-refractivity contribution in [3.8, 4) is 0 Å². The van der Waals surface area contributed by atoms with Gasteiger partial charge in [0.2, 0.25) is 11.8 Å². The Kier molecular flexibility index (Phi) is 5.45. The van der Waals surface area contributed by atoms with Gasteiger partial charge in [-0.2, -0.15) is 13.2 Å². The number of pyridine rings is 1. The average molecular weight is 370 g/mol. The zero-order chi connectivity index (χ0) is 18.7. The maximum Gasteiger partial charge on any atom is 0.401 e. The highest BCUT2D eigenvalue weighted by molar-refractivity contribution is 5.89. The molecule has 6 nitrogen and oxygen atoms in total. The second kappa shape index (κ2) is 7.61. The van der Waals surface area contributed by atoms with Gasteiger partial charge >= 0.3 is 6.18 Å². The third kappa shape index (κ3) is 4.72. The first-order valence-corrected chi connectivity index (χ1v) is 8.57. The van der Waals surface area contributed by atoms with E-state index < -0.39 is 18.6 Å². The number of likely N-dealkylation sites (tertiary alicyclic amines) is 1. The molecule has 2 aliphatic heterocycles. The Hall–Kier alpha value is -2.16. The van der Waals surface area contributed by atoms with Crippen molar-refractivity contribution in [2.75, 3.05) is 39.3 Å². The summed E-state index contributed by atoms with van der Waals surface area (Å²) in [5.74, 6) is -0.668. The predicted octanol–water partition coefficient (Wildman–Crippen LogP) is 1.14. The Morgan fingerprint density at radius 3 is 2.54 bits per heavy atom. The molecule has 1 aromatic rings. The summed E-state index contributed by atoms with van der Waals surface area (Å²) in [5.41, 5.74) is 0.759. The molecule has 142 valence electrons. The molecule has 9 heteroatoms. The van der Waals surface area contributed by atoms with E-state index in [1.807, 2.05) is 12.1 Å². The minimum absolute atomic E-state index is 0.0929. The highest BCUT2D eigenvalue weighted by Crippen LogP contribution is 2.23. The minimum Gasteiger partial charge on any atom is -0.340 e. The van der Waals surface area contributed by atoms with Crippen LogP contribution in [0.2, 0.25) is 0 Å². The van der Waals surface area contributed by atoms with E-state index in [2.05, 4.69) is 4.98 Å². The smallest absolute Gasteiger partial charge is 0.340 e. The van der Waals surface area contributed by atoms with Crippen LogP contribution in [-0.2, 0) is 16.1 Å². The van der Waals surface area contributed by atoms with Crippen molar-refractivity contribution in [3.63, 3.8) is 0 Å². The van der Waals surface area contributed by atoms with Gasteiger partial charge in [0, 0.05) is 45.3 Å². The van der Waals surface area contributed by atoms with Gasteiger partial charge in [-0.25, -0.2) is 0 Å². The van der Waals surface area contributed by atoms with E-state index in [0.29, 0.717) is 13.1 Å². The Bertz CT molecular complexity index is 645. The van der Waals surface area contributed by atoms with Crippen LogP contribution in [0.3, 0.4) is 0 Å². The van der Waals surface area contributed by atoms with Gasteiger partial charge in [-0.15, -0.1) is 0 Å². The Morgan fingerprint density at radius 2 is 1.92 bits per heavy atom. The summed E-state index contributed by atoms with van der Waals surface area (Å²) in [6.45, 7) is 0.668. The molecule has 1 atom stereocenters. The third-order valence-electron chi connectivity index (χ3n) is 4.73. The van der Waals surface area contributed by atoms with Crippen molar-refractivity contribution in [1.29, 1.82) is 0 Å². The van der Waals surface area contributed by atoms with Crippen molar-refractivity contribution < 1.29 is 22.8 Å². The lowest BCUT2D eigenvalue weighted by molar-refractivity contribution is -0.152. The second-order valence-electron chi connectivity index (χ2n) is 6.71. The number of hydrogen-bond donors (Lipinski definition) is 0. The van der Waals surface area contributed by atoms with Gasteiger partial charge < -0.3 is 9.80 Å². The van der Waals surface area contributed by atoms with Crippen molar-refractivity contribution in [2.24, 2.45) is 5.92 Å². The standard InChI is InChI=1S/C17H21F3N4O2/c18-17(19,20)12-22-5-7-23(8-6-22)16(26)13-9-15(25)24(10-13)11-14-3-1-2-4-21-14/h1-4,13H,5-12H2. The normalized spacial score (nSPS) is 22.1. The lowest BCUT2D eigenvalue weighted by Gasteiger charge is -2.36. The first-order valence-electron chi connectivity index (χ1n) is 8.57. The van der Waals surface area contributed by atoms with E-state index in [-0.39, 0.29) is 44.4 Å². The fourth-order valence-electron chi connectivity index (χ4n) is 3.42. The van der Waals surface area contributed by atoms with E-state index in [1.54, 1.807) is 22.1 Å². The third-order valence-corrected chi connectivity index (χ3v) is 4.73. The van der Waals surface area contributed by atoms with E-state index in [1.165, 1.54) is 4.90 Å². The molecule has 0 aliphatic carbocycles. The molecule has 26 heavy (non-hydrogen) atoms. The van der Waals surface area contributed by atoms with E-state index in [0.717, 1.165) is 5.69 Å². The van der Waals surface area contributed by atoms with E-state index in [4.69, 9.17) is 0 Å². The van der Waals surface area contributed by atoms with Crippen molar-refractivity contribution in [2.45, 2.75) is 19.1 Å². The molecule has 0 radical (unpaired) electrons. The fraction of sp³-hybridized carbons (Fsp3) is 0.588. The summed E-state index contributed by atoms with van der Waals surface area (Å²) < 4.78 is 37.3. The van der Waals surface area contributed by atoms with Gasteiger partial charge in [0.1, 0.15) is 0 Å². The summed E-state index contributed by atoms with van der Waals surface area (Å²) in [6, 6.07) is 5.45. The fourth-order valence-corrected chi connectivity index (χ4v) is 3.42. The van der Waals surface area contributed by atoms with E-state index in [9.17, 15) is 22.8 Å². The molecule has 2 saturated heterocycles. The number of rotatable bonds is 4. The molecule has 0 saturated carbocycles. The lowest BCUT2D eigenvalue weighted by atomic mass is 10.1. The van der Waals surface area contributed by atoms with Crippen LogP contribution < -0.4 is 0 Å². The largest absolute Gasteiger partial charge is 0.401 e. The molecule has 2 aliphatic rings. The van der Waals surface area contributed by atoms with Crippen LogP contribution in [0.4, 0.5) is 13.2 Å². The molecule has 0 spiro atoms. The molecular weight excluding hydrogens is 349 g/mol. The quantitative estimate of drug-likeness (QED) is 0.798. The molecule has 3 rings (SSSR count). The summed E-state index contributed by atoms with van der Waals surface area (Å²) in [5, 5.41) is 0. The predicted molar refractivity (Wildman–Crippen MR) is 86.8 cm³/mol. The van der Waals surface area contributed by atoms with Crippen LogP contribution >= 0.6 is 0 Å². The van der Waals surface area contributed by atoms with Gasteiger partial charge in [-0.1, -0.05) is 6.07 Å². The van der Waals surface area contributed by atoms with Crippen molar-refractivity contribution in [1.82, 2.24) is 19.7 Å². The molecule has 2 fully saturated rings. The number of amides is 2. The minimum atomic E-state index is -4.23. The molecule has 0 N–H and O–H groups in total. The van der Waals surface area contributed by atoms with Crippen LogP contribution in [0.1, 0.15) is 12.1 Å². The first-order chi connectivity index (χ1) is 12.3. The highest BCUT2D eigenvalue weighted by atomic mass is 19.4. The van der Waals surface area contributed by atoms with Crippen molar-refractivity contribution >= 4 is 11.8 Å². The number of alkyl halides is 3. The summed E-state index contributed by atoms with van der Waals surface area (Å²) in [4.78, 5) is 33.5. The molecule has 1 unspecified atom stereocenters. The summed E-state index contributed by atoms with van der Waals surface area (Å²) >= 11 is 0. The molecule has 3 heterocycles. The van der Waals surface area contributed by atoms with Gasteiger partial charge in [-0.05, 0) is 12.1 Å². The van der Waals surface area contributed by atoms with Gasteiger partial charge in [0.05, 0.1) is 24.7 Å². The van der Waals surface area contributed by atoms with Crippen molar-refractivity contribution in [3.05, 3.63) is 30.1 Å². The molecule has 0 aromatic carbocycles.